The third-order valence-electron chi connectivity index (χ3n) is 3.06. The van der Waals surface area contributed by atoms with Crippen molar-refractivity contribution in [3.8, 4) is 0 Å². The fourth-order valence-electron chi connectivity index (χ4n) is 2.19. The minimum atomic E-state index is -2.47. The predicted octanol–water partition coefficient (Wildman–Crippen LogP) is 4.05. The minimum absolute atomic E-state index is 0. The van der Waals surface area contributed by atoms with E-state index in [1.54, 1.807) is 17.0 Å². The lowest BCUT2D eigenvalue weighted by molar-refractivity contribution is 0.0182. The van der Waals surface area contributed by atoms with E-state index in [2.05, 4.69) is 5.32 Å². The lowest BCUT2D eigenvalue weighted by Gasteiger charge is -2.35. The number of hydrogen-bond donors (Lipinski definition) is 1. The zero-order chi connectivity index (χ0) is 13.1. The Bertz CT molecular complexity index is 414. The Kier molecular flexibility index (Phi) is 9.31. The summed E-state index contributed by atoms with van der Waals surface area (Å²) in [6.45, 7) is 2.62. The smallest absolute Gasteiger partial charge is 0.258 e. The van der Waals surface area contributed by atoms with Crippen LogP contribution in [0.5, 0.6) is 0 Å². The van der Waals surface area contributed by atoms with Gasteiger partial charge in [0, 0.05) is 36.2 Å². The van der Waals surface area contributed by atoms with Crippen molar-refractivity contribution in [1.82, 2.24) is 10.2 Å². The number of rotatable bonds is 3. The van der Waals surface area contributed by atoms with E-state index in [1.165, 1.54) is 6.07 Å². The maximum Gasteiger partial charge on any atom is 0.258 e. The molecule has 20 heavy (non-hydrogen) atoms. The molecule has 0 aliphatic carbocycles. The molecule has 1 aliphatic heterocycles. The van der Waals surface area contributed by atoms with Gasteiger partial charge in [-0.1, -0.05) is 29.3 Å². The van der Waals surface area contributed by atoms with Gasteiger partial charge in [0.1, 0.15) is 0 Å². The molecule has 0 saturated carbocycles. The molecule has 0 radical (unpaired) electrons. The maximum absolute atomic E-state index is 13.3. The summed E-state index contributed by atoms with van der Waals surface area (Å²) in [7, 11) is 0. The van der Waals surface area contributed by atoms with E-state index in [9.17, 15) is 8.78 Å². The van der Waals surface area contributed by atoms with Crippen molar-refractivity contribution < 1.29 is 8.78 Å². The van der Waals surface area contributed by atoms with Gasteiger partial charge in [0.05, 0.1) is 6.04 Å². The van der Waals surface area contributed by atoms with Crippen molar-refractivity contribution in [3.05, 3.63) is 33.8 Å². The Morgan fingerprint density at radius 1 is 1.10 bits per heavy atom. The summed E-state index contributed by atoms with van der Waals surface area (Å²) in [6.07, 6.45) is -2.47. The van der Waals surface area contributed by atoms with Gasteiger partial charge in [0.25, 0.3) is 6.43 Å². The molecule has 1 aromatic rings. The first kappa shape index (κ1) is 20.2. The monoisotopic (exact) mass is 366 g/mol. The first-order valence-electron chi connectivity index (χ1n) is 5.77. The summed E-state index contributed by atoms with van der Waals surface area (Å²) >= 11 is 11.8. The third kappa shape index (κ3) is 4.86. The second-order valence-corrected chi connectivity index (χ2v) is 5.07. The minimum Gasteiger partial charge on any atom is -0.314 e. The first-order chi connectivity index (χ1) is 8.59. The molecular weight excluding hydrogens is 352 g/mol. The van der Waals surface area contributed by atoms with Crippen LogP contribution in [-0.4, -0.2) is 37.5 Å². The number of benzene rings is 1. The molecule has 0 aromatic heterocycles. The molecule has 116 valence electrons. The molecule has 0 spiro atoms. The highest BCUT2D eigenvalue weighted by Gasteiger charge is 2.31. The van der Waals surface area contributed by atoms with Crippen LogP contribution in [0.25, 0.3) is 0 Å². The fraction of sp³-hybridized carbons (Fsp3) is 0.500. The van der Waals surface area contributed by atoms with Crippen molar-refractivity contribution in [2.24, 2.45) is 0 Å². The Balaban J connectivity index is 0.00000180. The number of alkyl halides is 2. The second-order valence-electron chi connectivity index (χ2n) is 4.23. The zero-order valence-corrected chi connectivity index (χ0v) is 13.6. The van der Waals surface area contributed by atoms with E-state index in [0.29, 0.717) is 41.8 Å². The van der Waals surface area contributed by atoms with Crippen LogP contribution < -0.4 is 5.32 Å². The Labute approximate surface area is 139 Å². The predicted molar refractivity (Wildman–Crippen MR) is 84.1 cm³/mol. The molecule has 1 fully saturated rings. The molecule has 1 heterocycles. The van der Waals surface area contributed by atoms with Crippen molar-refractivity contribution in [2.75, 3.05) is 26.2 Å². The summed E-state index contributed by atoms with van der Waals surface area (Å²) in [5.74, 6) is 0. The molecule has 1 atom stereocenters. The summed E-state index contributed by atoms with van der Waals surface area (Å²) in [5, 5.41) is 3.90. The van der Waals surface area contributed by atoms with Crippen LogP contribution in [0.2, 0.25) is 10.0 Å². The normalized spacial score (nSPS) is 17.2. The van der Waals surface area contributed by atoms with Crippen LogP contribution in [-0.2, 0) is 0 Å². The Morgan fingerprint density at radius 2 is 1.70 bits per heavy atom. The summed E-state index contributed by atoms with van der Waals surface area (Å²) in [5.41, 5.74) is 0.443. The van der Waals surface area contributed by atoms with Gasteiger partial charge in [-0.15, -0.1) is 24.8 Å². The molecule has 0 unspecified atom stereocenters. The van der Waals surface area contributed by atoms with Crippen molar-refractivity contribution in [1.29, 1.82) is 0 Å². The maximum atomic E-state index is 13.3. The molecular formula is C12H16Cl4F2N2. The van der Waals surface area contributed by atoms with Crippen LogP contribution >= 0.6 is 48.0 Å². The number of halogens is 6. The molecule has 2 nitrogen and oxygen atoms in total. The van der Waals surface area contributed by atoms with Crippen LogP contribution in [0, 0.1) is 0 Å². The number of nitrogens with one attached hydrogen (secondary N) is 1. The van der Waals surface area contributed by atoms with Gasteiger partial charge in [-0.3, -0.25) is 4.90 Å². The van der Waals surface area contributed by atoms with Gasteiger partial charge >= 0.3 is 0 Å². The second kappa shape index (κ2) is 9.23. The fourth-order valence-corrected chi connectivity index (χ4v) is 2.71. The highest BCUT2D eigenvalue weighted by molar-refractivity contribution is 6.35. The molecule has 1 saturated heterocycles. The number of nitrogens with zero attached hydrogens (tertiary/aromatic N) is 1. The molecule has 0 amide bonds. The van der Waals surface area contributed by atoms with Crippen LogP contribution in [0.4, 0.5) is 8.78 Å². The molecule has 0 bridgehead atoms. The number of hydrogen-bond acceptors (Lipinski definition) is 2. The summed E-state index contributed by atoms with van der Waals surface area (Å²) in [6, 6.07) is 3.73. The lowest BCUT2D eigenvalue weighted by Crippen LogP contribution is -2.47. The average molecular weight is 368 g/mol. The Morgan fingerprint density at radius 3 is 2.20 bits per heavy atom. The lowest BCUT2D eigenvalue weighted by atomic mass is 10.0. The highest BCUT2D eigenvalue weighted by Crippen LogP contribution is 2.34. The SMILES string of the molecule is Cl.Cl.FC(F)[C@@H](c1ccc(Cl)cc1Cl)N1CCNCC1. The molecule has 1 aromatic carbocycles. The molecule has 1 N–H and O–H groups in total. The van der Waals surface area contributed by atoms with E-state index < -0.39 is 12.5 Å². The summed E-state index contributed by atoms with van der Waals surface area (Å²) in [4.78, 5) is 1.76. The van der Waals surface area contributed by atoms with Gasteiger partial charge in [-0.05, 0) is 17.7 Å². The van der Waals surface area contributed by atoms with E-state index in [1.807, 2.05) is 0 Å². The zero-order valence-electron chi connectivity index (χ0n) is 10.5. The molecule has 8 heteroatoms. The topological polar surface area (TPSA) is 15.3 Å². The van der Waals surface area contributed by atoms with E-state index in [0.717, 1.165) is 0 Å². The molecule has 2 rings (SSSR count). The standard InChI is InChI=1S/C12H14Cl2F2N2.2ClH/c13-8-1-2-9(10(14)7-8)11(12(15)16)18-5-3-17-4-6-18;;/h1-2,7,11-12,17H,3-6H2;2*1H/t11-;;/m1../s1. The largest absolute Gasteiger partial charge is 0.314 e. The first-order valence-corrected chi connectivity index (χ1v) is 6.53. The van der Waals surface area contributed by atoms with Gasteiger partial charge in [0.15, 0.2) is 0 Å². The van der Waals surface area contributed by atoms with Crippen molar-refractivity contribution >= 4 is 48.0 Å². The Hall–Kier alpha value is 0.160. The van der Waals surface area contributed by atoms with E-state index in [4.69, 9.17) is 23.2 Å². The van der Waals surface area contributed by atoms with Gasteiger partial charge < -0.3 is 5.32 Å². The summed E-state index contributed by atoms with van der Waals surface area (Å²) < 4.78 is 26.6. The van der Waals surface area contributed by atoms with Gasteiger partial charge in [0.2, 0.25) is 0 Å². The third-order valence-corrected chi connectivity index (χ3v) is 3.63. The van der Waals surface area contributed by atoms with Gasteiger partial charge in [-0.2, -0.15) is 0 Å². The van der Waals surface area contributed by atoms with Crippen molar-refractivity contribution in [3.63, 3.8) is 0 Å². The van der Waals surface area contributed by atoms with Gasteiger partial charge in [-0.25, -0.2) is 8.78 Å². The highest BCUT2D eigenvalue weighted by atomic mass is 35.5. The van der Waals surface area contributed by atoms with Crippen molar-refractivity contribution in [2.45, 2.75) is 12.5 Å². The quantitative estimate of drug-likeness (QED) is 0.866. The van der Waals surface area contributed by atoms with Crippen LogP contribution in [0.15, 0.2) is 18.2 Å². The number of piperazine rings is 1. The van der Waals surface area contributed by atoms with E-state index >= 15 is 0 Å². The molecule has 1 aliphatic rings. The van der Waals surface area contributed by atoms with Crippen LogP contribution in [0.3, 0.4) is 0 Å². The van der Waals surface area contributed by atoms with Crippen LogP contribution in [0.1, 0.15) is 11.6 Å². The average Bonchev–Trinajstić information content (AvgIpc) is 2.33. The van der Waals surface area contributed by atoms with E-state index in [-0.39, 0.29) is 24.8 Å².